The van der Waals surface area contributed by atoms with E-state index in [4.69, 9.17) is 0 Å². The number of phenols is 1. The first-order chi connectivity index (χ1) is 15.3. The molecule has 9 heteroatoms. The van der Waals surface area contributed by atoms with E-state index >= 15 is 0 Å². The number of aromatic hydroxyl groups is 1. The summed E-state index contributed by atoms with van der Waals surface area (Å²) in [4.78, 5) is 36.5. The molecule has 2 aromatic rings. The maximum Gasteiger partial charge on any atom is 0.255 e. The summed E-state index contributed by atoms with van der Waals surface area (Å²) in [7, 11) is 0. The van der Waals surface area contributed by atoms with Crippen LogP contribution >= 0.6 is 0 Å². The van der Waals surface area contributed by atoms with E-state index in [9.17, 15) is 28.3 Å². The van der Waals surface area contributed by atoms with Gasteiger partial charge in [0.05, 0.1) is 5.56 Å². The quantitative estimate of drug-likeness (QED) is 0.490. The van der Waals surface area contributed by atoms with Gasteiger partial charge in [0.1, 0.15) is 17.4 Å². The highest BCUT2D eigenvalue weighted by Crippen LogP contribution is 2.24. The summed E-state index contributed by atoms with van der Waals surface area (Å²) >= 11 is 0. The summed E-state index contributed by atoms with van der Waals surface area (Å²) in [5, 5.41) is 18.0. The molecule has 0 spiro atoms. The van der Waals surface area contributed by atoms with E-state index in [-0.39, 0.29) is 47.5 Å². The number of benzene rings is 2. The van der Waals surface area contributed by atoms with Gasteiger partial charge in [-0.05, 0) is 37.1 Å². The van der Waals surface area contributed by atoms with Crippen LogP contribution in [0, 0.1) is 17.6 Å². The lowest BCUT2D eigenvalue weighted by Crippen LogP contribution is -2.38. The lowest BCUT2D eigenvalue weighted by molar-refractivity contribution is -0.125. The zero-order chi connectivity index (χ0) is 23.1. The zero-order valence-electron chi connectivity index (χ0n) is 17.4. The average Bonchev–Trinajstić information content (AvgIpc) is 2.76. The Morgan fingerprint density at radius 3 is 2.19 bits per heavy atom. The first-order valence-electron chi connectivity index (χ1n) is 10.5. The minimum absolute atomic E-state index is 0.0000641. The molecule has 1 aliphatic rings. The summed E-state index contributed by atoms with van der Waals surface area (Å²) in [6.07, 6.45) is 5.06. The normalized spacial score (nSPS) is 13.9. The maximum absolute atomic E-state index is 13.3. The molecule has 32 heavy (non-hydrogen) atoms. The summed E-state index contributed by atoms with van der Waals surface area (Å²) in [6, 6.07) is 6.27. The molecule has 170 valence electrons. The number of halogens is 2. The van der Waals surface area contributed by atoms with Crippen LogP contribution in [0.25, 0.3) is 0 Å². The van der Waals surface area contributed by atoms with Crippen LogP contribution in [0.3, 0.4) is 0 Å². The number of nitrogens with one attached hydrogen (secondary N) is 3. The minimum Gasteiger partial charge on any atom is -0.507 e. The molecule has 0 atom stereocenters. The van der Waals surface area contributed by atoms with E-state index in [2.05, 4.69) is 16.0 Å². The fraction of sp³-hybridized carbons (Fsp3) is 0.348. The Balaban J connectivity index is 1.50. The summed E-state index contributed by atoms with van der Waals surface area (Å²) in [5.74, 6) is -3.43. The average molecular weight is 445 g/mol. The van der Waals surface area contributed by atoms with E-state index in [0.29, 0.717) is 6.07 Å². The molecule has 0 unspecified atom stereocenters. The predicted molar refractivity (Wildman–Crippen MR) is 114 cm³/mol. The highest BCUT2D eigenvalue weighted by molar-refractivity contribution is 6.05. The molecule has 0 aromatic heterocycles. The van der Waals surface area contributed by atoms with Gasteiger partial charge in [-0.15, -0.1) is 0 Å². The van der Waals surface area contributed by atoms with Crippen molar-refractivity contribution in [1.29, 1.82) is 0 Å². The molecule has 1 aliphatic carbocycles. The van der Waals surface area contributed by atoms with Gasteiger partial charge in [0, 0.05) is 42.4 Å². The Hall–Kier alpha value is -3.49. The molecule has 1 fully saturated rings. The molecule has 0 bridgehead atoms. The SMILES string of the molecule is O=C(Nc1ccc(C(=O)NCCNC(=O)C2CCCCC2)c(O)c1)c1cc(F)cc(F)c1. The predicted octanol–water partition coefficient (Wildman–Crippen LogP) is 3.35. The molecule has 0 radical (unpaired) electrons. The van der Waals surface area contributed by atoms with Crippen molar-refractivity contribution in [3.63, 3.8) is 0 Å². The largest absolute Gasteiger partial charge is 0.507 e. The number of hydrogen-bond acceptors (Lipinski definition) is 4. The third-order valence-electron chi connectivity index (χ3n) is 5.31. The van der Waals surface area contributed by atoms with Gasteiger partial charge in [0.25, 0.3) is 11.8 Å². The zero-order valence-corrected chi connectivity index (χ0v) is 17.4. The highest BCUT2D eigenvalue weighted by Gasteiger charge is 2.20. The molecular formula is C23H25F2N3O4. The number of carbonyl (C=O) groups is 3. The Morgan fingerprint density at radius 2 is 1.53 bits per heavy atom. The number of rotatable bonds is 7. The molecule has 4 N–H and O–H groups in total. The number of hydrogen-bond donors (Lipinski definition) is 4. The van der Waals surface area contributed by atoms with Crippen LogP contribution in [0.1, 0.15) is 52.8 Å². The van der Waals surface area contributed by atoms with Gasteiger partial charge in [-0.25, -0.2) is 8.78 Å². The maximum atomic E-state index is 13.3. The van der Waals surface area contributed by atoms with E-state index in [0.717, 1.165) is 50.3 Å². The molecule has 2 aromatic carbocycles. The molecule has 7 nitrogen and oxygen atoms in total. The van der Waals surface area contributed by atoms with Gasteiger partial charge in [-0.3, -0.25) is 14.4 Å². The van der Waals surface area contributed by atoms with Crippen molar-refractivity contribution in [3.05, 3.63) is 59.2 Å². The molecule has 3 rings (SSSR count). The lowest BCUT2D eigenvalue weighted by Gasteiger charge is -2.20. The second-order valence-electron chi connectivity index (χ2n) is 7.73. The Labute approximate surface area is 184 Å². The fourth-order valence-corrected chi connectivity index (χ4v) is 3.66. The Kier molecular flexibility index (Phi) is 7.75. The van der Waals surface area contributed by atoms with Crippen LogP contribution in [-0.2, 0) is 4.79 Å². The summed E-state index contributed by atoms with van der Waals surface area (Å²) in [5.41, 5.74) is -0.0917. The first kappa shape index (κ1) is 23.2. The number of amides is 3. The van der Waals surface area contributed by atoms with Crippen LogP contribution in [0.15, 0.2) is 36.4 Å². The van der Waals surface area contributed by atoms with Crippen molar-refractivity contribution in [2.45, 2.75) is 32.1 Å². The van der Waals surface area contributed by atoms with Gasteiger partial charge in [-0.2, -0.15) is 0 Å². The number of carbonyl (C=O) groups excluding carboxylic acids is 3. The molecule has 0 aliphatic heterocycles. The smallest absolute Gasteiger partial charge is 0.255 e. The Bertz CT molecular complexity index is 986. The number of phenolic OH excluding ortho intramolecular Hbond substituents is 1. The van der Waals surface area contributed by atoms with Crippen molar-refractivity contribution >= 4 is 23.4 Å². The molecule has 0 saturated heterocycles. The second kappa shape index (κ2) is 10.7. The van der Waals surface area contributed by atoms with E-state index in [1.54, 1.807) is 0 Å². The molecule has 1 saturated carbocycles. The first-order valence-corrected chi connectivity index (χ1v) is 10.5. The van der Waals surface area contributed by atoms with Crippen molar-refractivity contribution in [2.75, 3.05) is 18.4 Å². The van der Waals surface area contributed by atoms with Crippen LogP contribution in [-0.4, -0.2) is 35.9 Å². The summed E-state index contributed by atoms with van der Waals surface area (Å²) in [6.45, 7) is 0.473. The number of anilines is 1. The molecular weight excluding hydrogens is 420 g/mol. The standard InChI is InChI=1S/C23H25F2N3O4/c24-16-10-15(11-17(25)12-16)22(31)28-18-6-7-19(20(29)13-18)23(32)27-9-8-26-21(30)14-4-2-1-3-5-14/h6-7,10-14,29H,1-5,8-9H2,(H,26,30)(H,27,32)(H,28,31). The van der Waals surface area contributed by atoms with Crippen LogP contribution in [0.2, 0.25) is 0 Å². The van der Waals surface area contributed by atoms with E-state index in [1.807, 2.05) is 0 Å². The Morgan fingerprint density at radius 1 is 0.875 bits per heavy atom. The third kappa shape index (κ3) is 6.26. The second-order valence-corrected chi connectivity index (χ2v) is 7.73. The van der Waals surface area contributed by atoms with Crippen LogP contribution < -0.4 is 16.0 Å². The van der Waals surface area contributed by atoms with Gasteiger partial charge in [-0.1, -0.05) is 19.3 Å². The monoisotopic (exact) mass is 445 g/mol. The van der Waals surface area contributed by atoms with Crippen molar-refractivity contribution in [3.8, 4) is 5.75 Å². The van der Waals surface area contributed by atoms with Crippen LogP contribution in [0.4, 0.5) is 14.5 Å². The van der Waals surface area contributed by atoms with E-state index in [1.165, 1.54) is 12.1 Å². The van der Waals surface area contributed by atoms with Gasteiger partial charge >= 0.3 is 0 Å². The van der Waals surface area contributed by atoms with E-state index < -0.39 is 23.4 Å². The minimum atomic E-state index is -0.889. The molecule has 0 heterocycles. The van der Waals surface area contributed by atoms with Crippen LogP contribution in [0.5, 0.6) is 5.75 Å². The summed E-state index contributed by atoms with van der Waals surface area (Å²) < 4.78 is 26.5. The van der Waals surface area contributed by atoms with Gasteiger partial charge in [0.2, 0.25) is 5.91 Å². The highest BCUT2D eigenvalue weighted by atomic mass is 19.1. The van der Waals surface area contributed by atoms with Gasteiger partial charge in [0.15, 0.2) is 0 Å². The fourth-order valence-electron chi connectivity index (χ4n) is 3.66. The lowest BCUT2D eigenvalue weighted by atomic mass is 9.89. The molecule has 3 amide bonds. The van der Waals surface area contributed by atoms with Crippen molar-refractivity contribution in [1.82, 2.24) is 10.6 Å². The third-order valence-corrected chi connectivity index (χ3v) is 5.31. The van der Waals surface area contributed by atoms with Crippen molar-refractivity contribution < 1.29 is 28.3 Å². The van der Waals surface area contributed by atoms with Crippen molar-refractivity contribution in [2.24, 2.45) is 5.92 Å². The van der Waals surface area contributed by atoms with Gasteiger partial charge < -0.3 is 21.1 Å². The topological polar surface area (TPSA) is 108 Å².